The third kappa shape index (κ3) is 2.64. The van der Waals surface area contributed by atoms with Crippen LogP contribution >= 0.6 is 0 Å². The molecule has 0 spiro atoms. The van der Waals surface area contributed by atoms with Gasteiger partial charge in [0, 0.05) is 23.7 Å². The van der Waals surface area contributed by atoms with E-state index in [1.807, 2.05) is 14.1 Å². The number of nitrogens with one attached hydrogen (secondary N) is 1. The van der Waals surface area contributed by atoms with E-state index in [4.69, 9.17) is 0 Å². The molecule has 1 N–H and O–H groups in total. The van der Waals surface area contributed by atoms with Crippen LogP contribution in [0.2, 0.25) is 0 Å². The van der Waals surface area contributed by atoms with Crippen molar-refractivity contribution in [2.24, 2.45) is 0 Å². The first-order valence-corrected chi connectivity index (χ1v) is 8.33. The van der Waals surface area contributed by atoms with Gasteiger partial charge in [0.05, 0.1) is 5.52 Å². The van der Waals surface area contributed by atoms with E-state index in [2.05, 4.69) is 53.4 Å². The second-order valence-corrected chi connectivity index (χ2v) is 6.24. The molecule has 2 aliphatic rings. The van der Waals surface area contributed by atoms with Gasteiger partial charge in [-0.2, -0.15) is 0 Å². The maximum atomic E-state index is 2.75. The highest BCUT2D eigenvalue weighted by atomic mass is 15.0. The van der Waals surface area contributed by atoms with Crippen LogP contribution in [0.5, 0.6) is 0 Å². The molecule has 0 saturated carbocycles. The molecule has 2 heteroatoms. The van der Waals surface area contributed by atoms with Crippen LogP contribution in [0.25, 0.3) is 16.5 Å². The molecule has 0 radical (unpaired) electrons. The van der Waals surface area contributed by atoms with Crippen LogP contribution < -0.4 is 5.32 Å². The lowest BCUT2D eigenvalue weighted by atomic mass is 9.92. The number of aryl methyl sites for hydroxylation is 2. The maximum Gasteiger partial charge on any atom is 0.0519 e. The van der Waals surface area contributed by atoms with Crippen molar-refractivity contribution in [1.82, 2.24) is 9.88 Å². The highest BCUT2D eigenvalue weighted by Crippen LogP contribution is 2.37. The lowest BCUT2D eigenvalue weighted by Gasteiger charge is -2.14. The number of aromatic nitrogens is 1. The van der Waals surface area contributed by atoms with Crippen molar-refractivity contribution in [3.8, 4) is 0 Å². The predicted octanol–water partition coefficient (Wildman–Crippen LogP) is 4.55. The largest absolute Gasteiger partial charge is 0.347 e. The summed E-state index contributed by atoms with van der Waals surface area (Å²) in [4.78, 5) is 0. The van der Waals surface area contributed by atoms with Crippen molar-refractivity contribution in [3.05, 3.63) is 53.2 Å². The normalized spacial score (nSPS) is 16.7. The van der Waals surface area contributed by atoms with Gasteiger partial charge in [0.1, 0.15) is 0 Å². The Morgan fingerprint density at radius 3 is 2.64 bits per heavy atom. The lowest BCUT2D eigenvalue weighted by Crippen LogP contribution is -2.05. The highest BCUT2D eigenvalue weighted by molar-refractivity contribution is 5.98. The van der Waals surface area contributed by atoms with Crippen molar-refractivity contribution < 1.29 is 0 Å². The number of benzene rings is 1. The average molecular weight is 294 g/mol. The number of allylic oxidation sites excluding steroid dienone is 4. The number of hydrogen-bond acceptors (Lipinski definition) is 1. The molecular weight excluding hydrogens is 268 g/mol. The van der Waals surface area contributed by atoms with E-state index >= 15 is 0 Å². The quantitative estimate of drug-likeness (QED) is 0.816. The van der Waals surface area contributed by atoms with Gasteiger partial charge in [-0.25, -0.2) is 0 Å². The van der Waals surface area contributed by atoms with E-state index < -0.39 is 0 Å². The molecule has 1 aliphatic heterocycles. The summed E-state index contributed by atoms with van der Waals surface area (Å²) >= 11 is 0. The van der Waals surface area contributed by atoms with Crippen molar-refractivity contribution in [3.63, 3.8) is 0 Å². The smallest absolute Gasteiger partial charge is 0.0519 e. The van der Waals surface area contributed by atoms with Gasteiger partial charge in [0.15, 0.2) is 0 Å². The molecule has 0 fully saturated rings. The van der Waals surface area contributed by atoms with E-state index in [1.165, 1.54) is 65.4 Å². The van der Waals surface area contributed by atoms with Crippen LogP contribution in [0.4, 0.5) is 0 Å². The first-order valence-electron chi connectivity index (χ1n) is 8.33. The standard InChI is InChI=1S/C18H19N.C2H7N/c1-13-6-2-3-9-15(13)17-12-19-11-5-8-14-7-4-10-16(17)18(14)19;1-3-2/h4,6-7,9-10,12H,2-3,5,8,11H2,1H3;3H,1-2H3. The maximum absolute atomic E-state index is 2.75. The Balaban J connectivity index is 0.000000446. The molecule has 0 atom stereocenters. The zero-order valence-corrected chi connectivity index (χ0v) is 13.9. The molecule has 2 heterocycles. The number of nitrogens with zero attached hydrogens (tertiary/aromatic N) is 1. The zero-order valence-electron chi connectivity index (χ0n) is 13.9. The summed E-state index contributed by atoms with van der Waals surface area (Å²) < 4.78 is 2.46. The Morgan fingerprint density at radius 2 is 1.86 bits per heavy atom. The Hall–Kier alpha value is -1.80. The molecule has 1 aliphatic carbocycles. The molecule has 2 nitrogen and oxygen atoms in total. The second kappa shape index (κ2) is 6.53. The fraction of sp³-hybridized carbons (Fsp3) is 0.400. The van der Waals surface area contributed by atoms with Crippen molar-refractivity contribution in [1.29, 1.82) is 0 Å². The molecule has 4 rings (SSSR count). The van der Waals surface area contributed by atoms with Crippen LogP contribution in [0.1, 0.15) is 37.3 Å². The van der Waals surface area contributed by atoms with Crippen molar-refractivity contribution in [2.75, 3.05) is 14.1 Å². The first-order chi connectivity index (χ1) is 10.8. The van der Waals surface area contributed by atoms with Crippen LogP contribution in [0, 0.1) is 0 Å². The Labute approximate surface area is 133 Å². The fourth-order valence-corrected chi connectivity index (χ4v) is 3.59. The summed E-state index contributed by atoms with van der Waals surface area (Å²) in [5.41, 5.74) is 7.33. The van der Waals surface area contributed by atoms with Crippen molar-refractivity contribution >= 4 is 16.5 Å². The topological polar surface area (TPSA) is 17.0 Å². The van der Waals surface area contributed by atoms with Gasteiger partial charge in [0.25, 0.3) is 0 Å². The third-order valence-corrected chi connectivity index (χ3v) is 4.51. The lowest BCUT2D eigenvalue weighted by molar-refractivity contribution is 0.635. The Kier molecular flexibility index (Phi) is 4.49. The molecular formula is C20H26N2. The molecule has 0 unspecified atom stereocenters. The van der Waals surface area contributed by atoms with E-state index in [0.717, 1.165) is 0 Å². The summed E-state index contributed by atoms with van der Waals surface area (Å²) in [7, 11) is 3.75. The minimum atomic E-state index is 1.17. The van der Waals surface area contributed by atoms with Gasteiger partial charge in [0.2, 0.25) is 0 Å². The van der Waals surface area contributed by atoms with Gasteiger partial charge < -0.3 is 9.88 Å². The summed E-state index contributed by atoms with van der Waals surface area (Å²) in [6.45, 7) is 3.42. The fourth-order valence-electron chi connectivity index (χ4n) is 3.59. The minimum absolute atomic E-state index is 1.17. The van der Waals surface area contributed by atoms with Crippen LogP contribution in [0.3, 0.4) is 0 Å². The predicted molar refractivity (Wildman–Crippen MR) is 96.2 cm³/mol. The summed E-state index contributed by atoms with van der Waals surface area (Å²) in [6, 6.07) is 6.80. The van der Waals surface area contributed by atoms with Gasteiger partial charge in [-0.1, -0.05) is 30.4 Å². The van der Waals surface area contributed by atoms with Gasteiger partial charge >= 0.3 is 0 Å². The average Bonchev–Trinajstić information content (AvgIpc) is 2.90. The van der Waals surface area contributed by atoms with Gasteiger partial charge in [-0.05, 0) is 63.4 Å². The number of rotatable bonds is 1. The summed E-state index contributed by atoms with van der Waals surface area (Å²) in [6.07, 6.45) is 12.0. The van der Waals surface area contributed by atoms with Crippen LogP contribution in [-0.4, -0.2) is 18.7 Å². The van der Waals surface area contributed by atoms with Gasteiger partial charge in [-0.3, -0.25) is 0 Å². The third-order valence-electron chi connectivity index (χ3n) is 4.51. The van der Waals surface area contributed by atoms with E-state index in [1.54, 1.807) is 0 Å². The SMILES string of the molecule is CC1=CCCC=C1c1cn2c3c(cccc13)CCC2.CNC. The van der Waals surface area contributed by atoms with E-state index in [-0.39, 0.29) is 0 Å². The van der Waals surface area contributed by atoms with Gasteiger partial charge in [-0.15, -0.1) is 0 Å². The Bertz CT molecular complexity index is 731. The Morgan fingerprint density at radius 1 is 1.09 bits per heavy atom. The number of para-hydroxylation sites is 1. The van der Waals surface area contributed by atoms with Crippen LogP contribution in [0.15, 0.2) is 42.1 Å². The highest BCUT2D eigenvalue weighted by Gasteiger charge is 2.18. The molecule has 22 heavy (non-hydrogen) atoms. The molecule has 1 aromatic heterocycles. The van der Waals surface area contributed by atoms with Crippen molar-refractivity contribution in [2.45, 2.75) is 39.2 Å². The van der Waals surface area contributed by atoms with Crippen LogP contribution in [-0.2, 0) is 13.0 Å². The first kappa shape index (κ1) is 15.1. The van der Waals surface area contributed by atoms with E-state index in [0.29, 0.717) is 0 Å². The molecule has 2 aromatic rings. The monoisotopic (exact) mass is 294 g/mol. The number of hydrogen-bond donors (Lipinski definition) is 1. The molecule has 1 aromatic carbocycles. The van der Waals surface area contributed by atoms with E-state index in [9.17, 15) is 0 Å². The molecule has 0 amide bonds. The molecule has 0 bridgehead atoms. The summed E-state index contributed by atoms with van der Waals surface area (Å²) in [5, 5.41) is 4.19. The molecule has 0 saturated heterocycles. The minimum Gasteiger partial charge on any atom is -0.347 e. The zero-order chi connectivity index (χ0) is 15.5. The second-order valence-electron chi connectivity index (χ2n) is 6.24. The summed E-state index contributed by atoms with van der Waals surface area (Å²) in [5.74, 6) is 0. The molecule has 116 valence electrons.